The average molecular weight is 436 g/mol. The fraction of sp³-hybridized carbons (Fsp3) is 0.0455. The van der Waals surface area contributed by atoms with Crippen molar-refractivity contribution in [1.29, 1.82) is 0 Å². The van der Waals surface area contributed by atoms with E-state index in [2.05, 4.69) is 14.8 Å². The Morgan fingerprint density at radius 2 is 1.74 bits per heavy atom. The Morgan fingerprint density at radius 3 is 2.42 bits per heavy atom. The molecule has 9 heteroatoms. The van der Waals surface area contributed by atoms with Gasteiger partial charge < -0.3 is 0 Å². The van der Waals surface area contributed by atoms with Crippen LogP contribution in [0.15, 0.2) is 90.2 Å². The first-order valence-electron chi connectivity index (χ1n) is 9.28. The van der Waals surface area contributed by atoms with Crippen LogP contribution in [0.2, 0.25) is 0 Å². The molecule has 2 aromatic carbocycles. The molecule has 0 radical (unpaired) electrons. The third-order valence-corrected chi connectivity index (χ3v) is 5.83. The number of halogens is 1. The first-order chi connectivity index (χ1) is 14.9. The molecule has 1 amide bonds. The summed E-state index contributed by atoms with van der Waals surface area (Å²) < 4.78 is 41.9. The highest BCUT2D eigenvalue weighted by Gasteiger charge is 2.21. The van der Waals surface area contributed by atoms with Gasteiger partial charge in [-0.25, -0.2) is 22.2 Å². The van der Waals surface area contributed by atoms with Gasteiger partial charge in [-0.15, -0.1) is 0 Å². The van der Waals surface area contributed by atoms with Crippen molar-refractivity contribution in [1.82, 2.24) is 19.5 Å². The molecule has 0 aliphatic carbocycles. The van der Waals surface area contributed by atoms with Crippen molar-refractivity contribution < 1.29 is 17.6 Å². The second-order valence-corrected chi connectivity index (χ2v) is 8.37. The van der Waals surface area contributed by atoms with Crippen LogP contribution in [0.4, 0.5) is 4.39 Å². The third kappa shape index (κ3) is 4.67. The van der Waals surface area contributed by atoms with E-state index in [4.69, 9.17) is 0 Å². The van der Waals surface area contributed by atoms with Crippen LogP contribution < -0.4 is 4.72 Å². The smallest absolute Gasteiger partial charge is 0.265 e. The number of amides is 1. The lowest BCUT2D eigenvalue weighted by Crippen LogP contribution is -2.31. The van der Waals surface area contributed by atoms with Gasteiger partial charge >= 0.3 is 0 Å². The summed E-state index contributed by atoms with van der Waals surface area (Å²) in [6, 6.07) is 17.8. The second-order valence-electron chi connectivity index (χ2n) is 6.68. The summed E-state index contributed by atoms with van der Waals surface area (Å²) in [6.45, 7) is 0. The minimum Gasteiger partial charge on any atom is -0.274 e. The van der Waals surface area contributed by atoms with E-state index in [0.29, 0.717) is 16.8 Å². The summed E-state index contributed by atoms with van der Waals surface area (Å²) in [5, 5.41) is 4.54. The molecule has 0 unspecified atom stereocenters. The van der Waals surface area contributed by atoms with Crippen LogP contribution >= 0.6 is 0 Å². The van der Waals surface area contributed by atoms with Crippen LogP contribution in [0.1, 0.15) is 5.56 Å². The first-order valence-corrected chi connectivity index (χ1v) is 10.8. The van der Waals surface area contributed by atoms with Crippen molar-refractivity contribution in [3.8, 4) is 16.9 Å². The highest BCUT2D eigenvalue weighted by molar-refractivity contribution is 7.90. The van der Waals surface area contributed by atoms with Gasteiger partial charge in [0.1, 0.15) is 10.7 Å². The number of hydrogen-bond donors (Lipinski definition) is 1. The summed E-state index contributed by atoms with van der Waals surface area (Å²) in [5.41, 5.74) is 2.32. The van der Waals surface area contributed by atoms with Crippen LogP contribution in [0, 0.1) is 5.82 Å². The Bertz CT molecular complexity index is 1310. The van der Waals surface area contributed by atoms with Gasteiger partial charge in [0.15, 0.2) is 0 Å². The maximum atomic E-state index is 13.4. The van der Waals surface area contributed by atoms with Crippen LogP contribution in [-0.4, -0.2) is 29.1 Å². The topological polar surface area (TPSA) is 94.0 Å². The maximum Gasteiger partial charge on any atom is 0.265 e. The Labute approximate surface area is 178 Å². The highest BCUT2D eigenvalue weighted by atomic mass is 32.2. The molecule has 0 bridgehead atoms. The first kappa shape index (κ1) is 20.4. The molecule has 7 nitrogen and oxygen atoms in total. The predicted octanol–water partition coefficient (Wildman–Crippen LogP) is 3.12. The number of benzene rings is 2. The molecule has 31 heavy (non-hydrogen) atoms. The van der Waals surface area contributed by atoms with Gasteiger partial charge in [-0.2, -0.15) is 5.10 Å². The van der Waals surface area contributed by atoms with E-state index in [1.165, 1.54) is 30.5 Å². The molecule has 0 saturated carbocycles. The number of carbonyl (C=O) groups is 1. The lowest BCUT2D eigenvalue weighted by atomic mass is 10.1. The SMILES string of the molecule is O=C(Cc1cn(-c2ccccc2)nc1-c1ccc(F)cc1)NS(=O)(=O)c1cccnc1. The molecule has 156 valence electrons. The molecule has 1 N–H and O–H groups in total. The van der Waals surface area contributed by atoms with Crippen molar-refractivity contribution in [3.63, 3.8) is 0 Å². The third-order valence-electron chi connectivity index (χ3n) is 4.47. The maximum absolute atomic E-state index is 13.4. The zero-order valence-electron chi connectivity index (χ0n) is 16.1. The van der Waals surface area contributed by atoms with E-state index in [-0.39, 0.29) is 11.3 Å². The normalized spacial score (nSPS) is 11.3. The zero-order chi connectivity index (χ0) is 21.8. The fourth-order valence-corrected chi connectivity index (χ4v) is 3.97. The Balaban J connectivity index is 1.65. The van der Waals surface area contributed by atoms with Crippen molar-refractivity contribution in [2.24, 2.45) is 0 Å². The second kappa shape index (κ2) is 8.49. The standard InChI is InChI=1S/C22H17FN4O3S/c23-18-10-8-16(9-11-18)22-17(15-27(25-22)19-5-2-1-3-6-19)13-21(28)26-31(29,30)20-7-4-12-24-14-20/h1-12,14-15H,13H2,(H,26,28). The molecule has 2 heterocycles. The van der Waals surface area contributed by atoms with Gasteiger partial charge in [-0.3, -0.25) is 9.78 Å². The number of carbonyl (C=O) groups excluding carboxylic acids is 1. The van der Waals surface area contributed by atoms with Gasteiger partial charge in [0, 0.05) is 29.7 Å². The summed E-state index contributed by atoms with van der Waals surface area (Å²) in [6.07, 6.45) is 4.02. The van der Waals surface area contributed by atoms with Crippen LogP contribution in [0.3, 0.4) is 0 Å². The number of pyridine rings is 1. The molecule has 0 fully saturated rings. The molecule has 2 aromatic heterocycles. The minimum absolute atomic E-state index is 0.109. The van der Waals surface area contributed by atoms with Gasteiger partial charge in [0.2, 0.25) is 5.91 Å². The van der Waals surface area contributed by atoms with E-state index >= 15 is 0 Å². The molecule has 0 spiro atoms. The average Bonchev–Trinajstić information content (AvgIpc) is 3.18. The van der Waals surface area contributed by atoms with E-state index in [1.54, 1.807) is 23.0 Å². The van der Waals surface area contributed by atoms with Crippen LogP contribution in [-0.2, 0) is 21.2 Å². The summed E-state index contributed by atoms with van der Waals surface area (Å²) in [5.74, 6) is -1.12. The van der Waals surface area contributed by atoms with Gasteiger partial charge in [-0.1, -0.05) is 18.2 Å². The van der Waals surface area contributed by atoms with E-state index < -0.39 is 21.7 Å². The number of aromatic nitrogens is 3. The summed E-state index contributed by atoms with van der Waals surface area (Å²) >= 11 is 0. The molecular formula is C22H17FN4O3S. The van der Waals surface area contributed by atoms with Crippen molar-refractivity contribution in [2.45, 2.75) is 11.3 Å². The lowest BCUT2D eigenvalue weighted by molar-refractivity contribution is -0.118. The van der Waals surface area contributed by atoms with Crippen LogP contribution in [0.5, 0.6) is 0 Å². The van der Waals surface area contributed by atoms with E-state index in [1.807, 2.05) is 30.3 Å². The molecule has 0 atom stereocenters. The molecular weight excluding hydrogens is 419 g/mol. The number of nitrogens with zero attached hydrogens (tertiary/aromatic N) is 3. The fourth-order valence-electron chi connectivity index (χ4n) is 3.03. The predicted molar refractivity (Wildman–Crippen MR) is 112 cm³/mol. The molecule has 4 aromatic rings. The minimum atomic E-state index is -4.05. The highest BCUT2D eigenvalue weighted by Crippen LogP contribution is 2.25. The Morgan fingerprint density at radius 1 is 1.00 bits per heavy atom. The molecule has 0 saturated heterocycles. The Hall–Kier alpha value is -3.85. The quantitative estimate of drug-likeness (QED) is 0.501. The van der Waals surface area contributed by atoms with Crippen molar-refractivity contribution in [3.05, 3.63) is 96.7 Å². The zero-order valence-corrected chi connectivity index (χ0v) is 17.0. The Kier molecular flexibility index (Phi) is 5.59. The summed E-state index contributed by atoms with van der Waals surface area (Å²) in [7, 11) is -4.05. The molecule has 0 aliphatic rings. The number of para-hydroxylation sites is 1. The van der Waals surface area contributed by atoms with Gasteiger partial charge in [-0.05, 0) is 48.5 Å². The number of sulfonamides is 1. The number of rotatable bonds is 6. The number of nitrogens with one attached hydrogen (secondary N) is 1. The largest absolute Gasteiger partial charge is 0.274 e. The lowest BCUT2D eigenvalue weighted by Gasteiger charge is -2.07. The van der Waals surface area contributed by atoms with E-state index in [0.717, 1.165) is 11.9 Å². The van der Waals surface area contributed by atoms with Gasteiger partial charge in [0.25, 0.3) is 10.0 Å². The van der Waals surface area contributed by atoms with Crippen molar-refractivity contribution >= 4 is 15.9 Å². The van der Waals surface area contributed by atoms with Crippen LogP contribution in [0.25, 0.3) is 16.9 Å². The molecule has 4 rings (SSSR count). The number of hydrogen-bond acceptors (Lipinski definition) is 5. The summed E-state index contributed by atoms with van der Waals surface area (Å²) in [4.78, 5) is 16.2. The monoisotopic (exact) mass is 436 g/mol. The van der Waals surface area contributed by atoms with Gasteiger partial charge in [0.05, 0.1) is 17.8 Å². The molecule has 0 aliphatic heterocycles. The van der Waals surface area contributed by atoms with Crippen molar-refractivity contribution in [2.75, 3.05) is 0 Å². The van der Waals surface area contributed by atoms with E-state index in [9.17, 15) is 17.6 Å².